The van der Waals surface area contributed by atoms with Crippen molar-refractivity contribution in [1.82, 2.24) is 20.0 Å². The molecule has 0 bridgehead atoms. The molecule has 1 aliphatic carbocycles. The first kappa shape index (κ1) is 31.3. The molecule has 2 heterocycles. The Morgan fingerprint density at radius 3 is 2.42 bits per heavy atom. The average molecular weight is 626 g/mol. The van der Waals surface area contributed by atoms with Gasteiger partial charge in [0.25, 0.3) is 5.91 Å². The molecule has 5 rings (SSSR count). The van der Waals surface area contributed by atoms with E-state index < -0.39 is 0 Å². The largest absolute Gasteiger partial charge is 0.348 e. The number of rotatable bonds is 6. The molecule has 1 saturated carbocycles. The highest BCUT2D eigenvalue weighted by molar-refractivity contribution is 6.35. The van der Waals surface area contributed by atoms with Gasteiger partial charge in [0.05, 0.1) is 22.9 Å². The molecule has 6 nitrogen and oxygen atoms in total. The Hall–Kier alpha value is -3.16. The smallest absolute Gasteiger partial charge is 0.272 e. The van der Waals surface area contributed by atoms with Gasteiger partial charge in [-0.2, -0.15) is 5.10 Å². The van der Waals surface area contributed by atoms with Crippen LogP contribution in [0.15, 0.2) is 42.5 Å². The van der Waals surface area contributed by atoms with E-state index in [1.165, 1.54) is 31.4 Å². The van der Waals surface area contributed by atoms with Crippen molar-refractivity contribution in [1.29, 1.82) is 0 Å². The SMILES string of the molecule is C[C@H](NC(=O)c1nn(-c2ccc(Cl)cc2Cl)c2c1CN(C(=O)CC(C)(C)C)CC2=Cc1ccc(F)cc1)C1CCCCC1. The first-order valence-corrected chi connectivity index (χ1v) is 15.8. The van der Waals surface area contributed by atoms with E-state index >= 15 is 0 Å². The van der Waals surface area contributed by atoms with Gasteiger partial charge in [-0.3, -0.25) is 9.59 Å². The van der Waals surface area contributed by atoms with Crippen LogP contribution in [0.25, 0.3) is 17.3 Å². The van der Waals surface area contributed by atoms with Crippen molar-refractivity contribution in [2.45, 2.75) is 78.8 Å². The lowest BCUT2D eigenvalue weighted by atomic mass is 9.84. The summed E-state index contributed by atoms with van der Waals surface area (Å²) in [7, 11) is 0. The van der Waals surface area contributed by atoms with E-state index in [1.54, 1.807) is 39.9 Å². The highest BCUT2D eigenvalue weighted by Gasteiger charge is 2.35. The zero-order valence-corrected chi connectivity index (χ0v) is 26.7. The number of amides is 2. The van der Waals surface area contributed by atoms with E-state index in [9.17, 15) is 14.0 Å². The summed E-state index contributed by atoms with van der Waals surface area (Å²) >= 11 is 12.9. The van der Waals surface area contributed by atoms with Gasteiger partial charge in [0, 0.05) is 29.6 Å². The summed E-state index contributed by atoms with van der Waals surface area (Å²) in [4.78, 5) is 29.3. The standard InChI is InChI=1S/C34H39Cl2FN4O2/c1-21(23-8-6-5-7-9-23)38-33(43)31-27-20-40(30(42)18-34(2,3)4)19-24(16-22-10-13-26(37)14-11-22)32(27)41(39-31)29-15-12-25(35)17-28(29)36/h10-17,21,23H,5-9,18-20H2,1-4H3,(H,38,43)/t21-/m0/s1. The second kappa shape index (κ2) is 12.8. The Bertz CT molecular complexity index is 1530. The minimum absolute atomic E-state index is 0.0100. The molecule has 1 fully saturated rings. The van der Waals surface area contributed by atoms with Crippen molar-refractivity contribution >= 4 is 46.7 Å². The quantitative estimate of drug-likeness (QED) is 0.300. The summed E-state index contributed by atoms with van der Waals surface area (Å²) in [6.07, 6.45) is 8.03. The van der Waals surface area contributed by atoms with Crippen LogP contribution in [0.4, 0.5) is 4.39 Å². The fourth-order valence-electron chi connectivity index (χ4n) is 6.11. The van der Waals surface area contributed by atoms with Crippen molar-refractivity contribution in [2.75, 3.05) is 6.54 Å². The van der Waals surface area contributed by atoms with Gasteiger partial charge < -0.3 is 10.2 Å². The maximum atomic E-state index is 14.0. The van der Waals surface area contributed by atoms with E-state index in [-0.39, 0.29) is 41.3 Å². The third-order valence-corrected chi connectivity index (χ3v) is 8.85. The summed E-state index contributed by atoms with van der Waals surface area (Å²) in [5.41, 5.74) is 3.51. The lowest BCUT2D eigenvalue weighted by Crippen LogP contribution is -2.41. The summed E-state index contributed by atoms with van der Waals surface area (Å²) in [5, 5.41) is 8.95. The van der Waals surface area contributed by atoms with E-state index in [4.69, 9.17) is 28.3 Å². The molecule has 1 aromatic heterocycles. The molecule has 0 spiro atoms. The molecule has 228 valence electrons. The summed E-state index contributed by atoms with van der Waals surface area (Å²) < 4.78 is 15.5. The van der Waals surface area contributed by atoms with E-state index in [0.29, 0.717) is 45.9 Å². The Balaban J connectivity index is 1.64. The predicted octanol–water partition coefficient (Wildman–Crippen LogP) is 8.34. The first-order chi connectivity index (χ1) is 20.4. The van der Waals surface area contributed by atoms with E-state index in [1.807, 2.05) is 26.8 Å². The number of carbonyl (C=O) groups excluding carboxylic acids is 2. The van der Waals surface area contributed by atoms with Gasteiger partial charge in [-0.05, 0) is 78.6 Å². The topological polar surface area (TPSA) is 67.2 Å². The van der Waals surface area contributed by atoms with Crippen LogP contribution < -0.4 is 5.32 Å². The Morgan fingerprint density at radius 2 is 1.77 bits per heavy atom. The summed E-state index contributed by atoms with van der Waals surface area (Å²) in [5.74, 6) is -0.204. The van der Waals surface area contributed by atoms with E-state index in [2.05, 4.69) is 12.2 Å². The van der Waals surface area contributed by atoms with Gasteiger partial charge in [0.1, 0.15) is 5.82 Å². The van der Waals surface area contributed by atoms with Crippen molar-refractivity contribution in [2.24, 2.45) is 11.3 Å². The fourth-order valence-corrected chi connectivity index (χ4v) is 6.60. The van der Waals surface area contributed by atoms with Crippen LogP contribution >= 0.6 is 23.2 Å². The summed E-state index contributed by atoms with van der Waals surface area (Å²) in [6.45, 7) is 8.68. The van der Waals surface area contributed by atoms with Crippen LogP contribution in [-0.4, -0.2) is 39.1 Å². The van der Waals surface area contributed by atoms with Gasteiger partial charge in [-0.25, -0.2) is 9.07 Å². The Morgan fingerprint density at radius 1 is 1.07 bits per heavy atom. The zero-order chi connectivity index (χ0) is 30.9. The third kappa shape index (κ3) is 7.32. The van der Waals surface area contributed by atoms with Gasteiger partial charge in [-0.1, -0.05) is 75.4 Å². The molecule has 1 N–H and O–H groups in total. The van der Waals surface area contributed by atoms with Crippen LogP contribution in [0.2, 0.25) is 10.0 Å². The van der Waals surface area contributed by atoms with Gasteiger partial charge in [-0.15, -0.1) is 0 Å². The third-order valence-electron chi connectivity index (χ3n) is 8.31. The Labute approximate surface area is 263 Å². The molecule has 43 heavy (non-hydrogen) atoms. The maximum absolute atomic E-state index is 14.0. The highest BCUT2D eigenvalue weighted by Crippen LogP contribution is 2.37. The normalized spacial score (nSPS) is 17.6. The zero-order valence-electron chi connectivity index (χ0n) is 25.2. The number of halogens is 3. The van der Waals surface area contributed by atoms with Gasteiger partial charge >= 0.3 is 0 Å². The average Bonchev–Trinajstić information content (AvgIpc) is 3.33. The molecule has 2 amide bonds. The van der Waals surface area contributed by atoms with Crippen molar-refractivity contribution < 1.29 is 14.0 Å². The van der Waals surface area contributed by atoms with Crippen LogP contribution in [0, 0.1) is 17.2 Å². The minimum atomic E-state index is -0.336. The van der Waals surface area contributed by atoms with Crippen LogP contribution in [0.1, 0.15) is 93.5 Å². The second-order valence-corrected chi connectivity index (χ2v) is 13.9. The van der Waals surface area contributed by atoms with E-state index in [0.717, 1.165) is 24.0 Å². The Kier molecular flexibility index (Phi) is 9.33. The monoisotopic (exact) mass is 624 g/mol. The van der Waals surface area contributed by atoms with Crippen molar-refractivity contribution in [3.63, 3.8) is 0 Å². The molecular weight excluding hydrogens is 586 g/mol. The van der Waals surface area contributed by atoms with Crippen LogP contribution in [0.3, 0.4) is 0 Å². The fraction of sp³-hybridized carbons (Fsp3) is 0.441. The number of benzene rings is 2. The highest BCUT2D eigenvalue weighted by atomic mass is 35.5. The van der Waals surface area contributed by atoms with Gasteiger partial charge in [0.15, 0.2) is 5.69 Å². The number of nitrogens with zero attached hydrogens (tertiary/aromatic N) is 3. The first-order valence-electron chi connectivity index (χ1n) is 15.0. The molecule has 1 atom stereocenters. The lowest BCUT2D eigenvalue weighted by Gasteiger charge is -2.32. The molecule has 9 heteroatoms. The molecular formula is C34H39Cl2FN4O2. The van der Waals surface area contributed by atoms with Crippen molar-refractivity contribution in [3.8, 4) is 5.69 Å². The molecule has 0 radical (unpaired) electrons. The number of hydrogen-bond donors (Lipinski definition) is 1. The number of fused-ring (bicyclic) bond motifs is 1. The molecule has 2 aromatic carbocycles. The number of nitrogens with one attached hydrogen (secondary N) is 1. The molecule has 2 aliphatic rings. The number of hydrogen-bond acceptors (Lipinski definition) is 3. The van der Waals surface area contributed by atoms with Crippen molar-refractivity contribution in [3.05, 3.63) is 80.8 Å². The molecule has 0 unspecified atom stereocenters. The van der Waals surface area contributed by atoms with Crippen LogP contribution in [0.5, 0.6) is 0 Å². The predicted molar refractivity (Wildman–Crippen MR) is 171 cm³/mol. The molecule has 0 saturated heterocycles. The second-order valence-electron chi connectivity index (χ2n) is 13.1. The lowest BCUT2D eigenvalue weighted by molar-refractivity contribution is -0.133. The minimum Gasteiger partial charge on any atom is -0.348 e. The molecule has 3 aromatic rings. The van der Waals surface area contributed by atoms with Gasteiger partial charge in [0.2, 0.25) is 5.91 Å². The number of carbonyl (C=O) groups is 2. The van der Waals surface area contributed by atoms with Crippen LogP contribution in [-0.2, 0) is 11.3 Å². The maximum Gasteiger partial charge on any atom is 0.272 e. The number of aromatic nitrogens is 2. The molecule has 1 aliphatic heterocycles. The summed E-state index contributed by atoms with van der Waals surface area (Å²) in [6, 6.07) is 11.3.